The van der Waals surface area contributed by atoms with Gasteiger partial charge in [-0.15, -0.1) is 0 Å². The summed E-state index contributed by atoms with van der Waals surface area (Å²) in [5.74, 6) is 0. The van der Waals surface area contributed by atoms with Gasteiger partial charge < -0.3 is 9.64 Å². The molecule has 0 spiro atoms. The lowest BCUT2D eigenvalue weighted by Gasteiger charge is -2.38. The zero-order valence-corrected chi connectivity index (χ0v) is 17.7. The minimum Gasteiger partial charge on any atom is -0.446 e. The Kier molecular flexibility index (Phi) is 7.05. The summed E-state index contributed by atoms with van der Waals surface area (Å²) in [4.78, 5) is 14.3. The zero-order valence-electron chi connectivity index (χ0n) is 15.3. The molecular weight excluding hydrogens is 404 g/mol. The Labute approximate surface area is 161 Å². The number of hydrogen-bond acceptors (Lipinski definition) is 3. The first-order valence-electron chi connectivity index (χ1n) is 8.47. The molecule has 3 atom stereocenters. The third-order valence-electron chi connectivity index (χ3n) is 4.55. The van der Waals surface area contributed by atoms with E-state index in [0.717, 1.165) is 22.9 Å². The number of benzene rings is 1. The van der Waals surface area contributed by atoms with E-state index in [1.165, 1.54) is 0 Å². The van der Waals surface area contributed by atoms with Crippen LogP contribution in [0.5, 0.6) is 0 Å². The number of hydrogen-bond donors (Lipinski definition) is 1. The molecule has 1 aliphatic rings. The first kappa shape index (κ1) is 20.4. The molecule has 1 N–H and O–H groups in total. The van der Waals surface area contributed by atoms with Crippen molar-refractivity contribution in [1.29, 1.82) is 0 Å². The third kappa shape index (κ3) is 6.08. The van der Waals surface area contributed by atoms with Gasteiger partial charge in [-0.1, -0.05) is 41.9 Å². The van der Waals surface area contributed by atoms with Crippen molar-refractivity contribution in [3.8, 4) is 0 Å². The molecule has 0 bridgehead atoms. The van der Waals surface area contributed by atoms with Gasteiger partial charge in [-0.2, -0.15) is 0 Å². The second kappa shape index (κ2) is 8.64. The Hall–Kier alpha value is -0.920. The number of nitrogens with one attached hydrogen (secondary N) is 1. The van der Waals surface area contributed by atoms with E-state index in [9.17, 15) is 9.00 Å². The van der Waals surface area contributed by atoms with Gasteiger partial charge >= 0.3 is 6.09 Å². The summed E-state index contributed by atoms with van der Waals surface area (Å²) in [5.41, 5.74) is 1.00. The quantitative estimate of drug-likeness (QED) is 0.710. The van der Waals surface area contributed by atoms with Crippen molar-refractivity contribution in [3.63, 3.8) is 0 Å². The van der Waals surface area contributed by atoms with Gasteiger partial charge in [0.05, 0.1) is 17.0 Å². The second-order valence-electron chi connectivity index (χ2n) is 7.36. The summed E-state index contributed by atoms with van der Waals surface area (Å²) in [6.07, 6.45) is 2.84. The molecular formula is C18H27BrN2O3S. The maximum Gasteiger partial charge on any atom is 0.410 e. The van der Waals surface area contributed by atoms with Gasteiger partial charge in [-0.05, 0) is 36.5 Å². The van der Waals surface area contributed by atoms with Crippen LogP contribution in [-0.2, 0) is 15.7 Å². The van der Waals surface area contributed by atoms with Crippen LogP contribution in [0.1, 0.15) is 45.2 Å². The van der Waals surface area contributed by atoms with Crippen LogP contribution in [0.15, 0.2) is 28.7 Å². The lowest BCUT2D eigenvalue weighted by Crippen LogP contribution is -2.45. The summed E-state index contributed by atoms with van der Waals surface area (Å²) < 4.78 is 20.9. The van der Waals surface area contributed by atoms with E-state index in [0.29, 0.717) is 13.1 Å². The molecule has 1 saturated heterocycles. The van der Waals surface area contributed by atoms with Crippen molar-refractivity contribution < 1.29 is 13.7 Å². The molecule has 25 heavy (non-hydrogen) atoms. The monoisotopic (exact) mass is 430 g/mol. The van der Waals surface area contributed by atoms with Crippen LogP contribution in [0.3, 0.4) is 0 Å². The SMILES string of the molecule is CC(c1ccc(Br)cc1)N1CCC(CC(C)(C)CNS(C)=O)OC1=O. The van der Waals surface area contributed by atoms with E-state index in [-0.39, 0.29) is 23.7 Å². The topological polar surface area (TPSA) is 58.6 Å². The van der Waals surface area contributed by atoms with Crippen LogP contribution in [0.2, 0.25) is 0 Å². The zero-order chi connectivity index (χ0) is 18.6. The maximum absolute atomic E-state index is 12.5. The number of ether oxygens (including phenoxy) is 1. The van der Waals surface area contributed by atoms with Gasteiger partial charge in [0, 0.05) is 30.2 Å². The molecule has 7 heteroatoms. The van der Waals surface area contributed by atoms with Gasteiger partial charge in [-0.3, -0.25) is 0 Å². The lowest BCUT2D eigenvalue weighted by atomic mass is 9.85. The summed E-state index contributed by atoms with van der Waals surface area (Å²) in [7, 11) is -1.03. The molecule has 1 fully saturated rings. The maximum atomic E-state index is 12.5. The molecule has 3 unspecified atom stereocenters. The van der Waals surface area contributed by atoms with Crippen molar-refractivity contribution in [2.24, 2.45) is 5.41 Å². The fourth-order valence-corrected chi connectivity index (χ4v) is 3.90. The van der Waals surface area contributed by atoms with Crippen LogP contribution >= 0.6 is 15.9 Å². The van der Waals surface area contributed by atoms with E-state index in [1.54, 1.807) is 11.2 Å². The Bertz CT molecular complexity index is 621. The lowest BCUT2D eigenvalue weighted by molar-refractivity contribution is -0.00374. The Morgan fingerprint density at radius 3 is 2.60 bits per heavy atom. The van der Waals surface area contributed by atoms with E-state index in [2.05, 4.69) is 34.5 Å². The average Bonchev–Trinajstić information content (AvgIpc) is 2.53. The van der Waals surface area contributed by atoms with Crippen LogP contribution in [0.4, 0.5) is 4.79 Å². The Morgan fingerprint density at radius 1 is 1.40 bits per heavy atom. The van der Waals surface area contributed by atoms with Crippen molar-refractivity contribution in [2.75, 3.05) is 19.3 Å². The smallest absolute Gasteiger partial charge is 0.410 e. The van der Waals surface area contributed by atoms with Gasteiger partial charge in [0.15, 0.2) is 0 Å². The largest absolute Gasteiger partial charge is 0.446 e. The highest BCUT2D eigenvalue weighted by Crippen LogP contribution is 2.31. The Morgan fingerprint density at radius 2 is 2.04 bits per heavy atom. The molecule has 0 radical (unpaired) electrons. The number of amides is 1. The summed E-state index contributed by atoms with van der Waals surface area (Å²) >= 11 is 3.43. The molecule has 2 rings (SSSR count). The van der Waals surface area contributed by atoms with Crippen LogP contribution < -0.4 is 4.72 Å². The van der Waals surface area contributed by atoms with Crippen molar-refractivity contribution in [2.45, 2.75) is 45.8 Å². The molecule has 140 valence electrons. The number of halogens is 1. The van der Waals surface area contributed by atoms with Gasteiger partial charge in [0.1, 0.15) is 6.10 Å². The van der Waals surface area contributed by atoms with Crippen molar-refractivity contribution >= 4 is 33.0 Å². The molecule has 1 aliphatic heterocycles. The molecule has 0 aromatic heterocycles. The number of cyclic esters (lactones) is 1. The first-order valence-corrected chi connectivity index (χ1v) is 10.8. The van der Waals surface area contributed by atoms with E-state index in [1.807, 2.05) is 31.2 Å². The van der Waals surface area contributed by atoms with Crippen LogP contribution in [-0.4, -0.2) is 40.7 Å². The van der Waals surface area contributed by atoms with Crippen molar-refractivity contribution in [3.05, 3.63) is 34.3 Å². The van der Waals surface area contributed by atoms with Crippen LogP contribution in [0.25, 0.3) is 0 Å². The standard InChI is InChI=1S/C18H27BrN2O3S/c1-13(14-5-7-15(19)8-6-14)21-10-9-16(24-17(21)22)11-18(2,3)12-20-25(4)23/h5-8,13,16,20H,9-12H2,1-4H3. The van der Waals surface area contributed by atoms with E-state index >= 15 is 0 Å². The number of nitrogens with zero attached hydrogens (tertiary/aromatic N) is 1. The normalized spacial score (nSPS) is 20.9. The highest BCUT2D eigenvalue weighted by atomic mass is 79.9. The highest BCUT2D eigenvalue weighted by Gasteiger charge is 2.34. The molecule has 1 aromatic rings. The number of carbonyl (C=O) groups excluding carboxylic acids is 1. The number of carbonyl (C=O) groups is 1. The minimum atomic E-state index is -1.03. The average molecular weight is 431 g/mol. The highest BCUT2D eigenvalue weighted by molar-refractivity contribution is 9.10. The molecule has 5 nitrogen and oxygen atoms in total. The fraction of sp³-hybridized carbons (Fsp3) is 0.611. The van der Waals surface area contributed by atoms with E-state index < -0.39 is 11.0 Å². The predicted octanol–water partition coefficient (Wildman–Crippen LogP) is 4.02. The molecule has 0 aliphatic carbocycles. The van der Waals surface area contributed by atoms with Crippen LogP contribution in [0, 0.1) is 5.41 Å². The molecule has 0 saturated carbocycles. The van der Waals surface area contributed by atoms with Gasteiger partial charge in [-0.25, -0.2) is 13.7 Å². The summed E-state index contributed by atoms with van der Waals surface area (Å²) in [6.45, 7) is 7.53. The first-order chi connectivity index (χ1) is 11.7. The minimum absolute atomic E-state index is 0.0151. The van der Waals surface area contributed by atoms with Crippen molar-refractivity contribution in [1.82, 2.24) is 9.62 Å². The van der Waals surface area contributed by atoms with E-state index in [4.69, 9.17) is 4.74 Å². The summed E-state index contributed by atoms with van der Waals surface area (Å²) in [6, 6.07) is 7.99. The predicted molar refractivity (Wildman–Crippen MR) is 105 cm³/mol. The second-order valence-corrected chi connectivity index (χ2v) is 9.47. The summed E-state index contributed by atoms with van der Waals surface area (Å²) in [5, 5.41) is 0. The van der Waals surface area contributed by atoms with Gasteiger partial charge in [0.2, 0.25) is 0 Å². The molecule has 1 amide bonds. The molecule has 1 heterocycles. The third-order valence-corrected chi connectivity index (χ3v) is 5.63. The fourth-order valence-electron chi connectivity index (χ4n) is 3.05. The molecule has 1 aromatic carbocycles. The number of rotatable bonds is 7. The van der Waals surface area contributed by atoms with Gasteiger partial charge in [0.25, 0.3) is 0 Å². The Balaban J connectivity index is 1.92.